The maximum absolute atomic E-state index is 13.5. The summed E-state index contributed by atoms with van der Waals surface area (Å²) in [6.07, 6.45) is 1.60. The number of rotatable bonds is 5. The molecule has 0 bridgehead atoms. The van der Waals surface area contributed by atoms with E-state index < -0.39 is 0 Å². The highest BCUT2D eigenvalue weighted by Crippen LogP contribution is 2.24. The fourth-order valence-corrected chi connectivity index (χ4v) is 3.37. The van der Waals surface area contributed by atoms with E-state index in [0.717, 1.165) is 5.56 Å². The van der Waals surface area contributed by atoms with Gasteiger partial charge in [-0.2, -0.15) is 5.10 Å². The predicted octanol–water partition coefficient (Wildman–Crippen LogP) is 2.89. The zero-order chi connectivity index (χ0) is 20.4. The minimum Gasteiger partial charge on any atom is -0.466 e. The van der Waals surface area contributed by atoms with E-state index in [1.165, 1.54) is 4.57 Å². The zero-order valence-corrected chi connectivity index (χ0v) is 16.2. The van der Waals surface area contributed by atoms with E-state index in [1.807, 2.05) is 42.5 Å². The quantitative estimate of drug-likeness (QED) is 0.491. The van der Waals surface area contributed by atoms with E-state index in [2.05, 4.69) is 5.10 Å². The van der Waals surface area contributed by atoms with Gasteiger partial charge in [-0.05, 0) is 19.1 Å². The summed E-state index contributed by atoms with van der Waals surface area (Å²) in [5, 5.41) is 4.78. The van der Waals surface area contributed by atoms with Crippen LogP contribution in [0.1, 0.15) is 12.5 Å². The summed E-state index contributed by atoms with van der Waals surface area (Å²) in [7, 11) is 1.74. The van der Waals surface area contributed by atoms with E-state index >= 15 is 0 Å². The molecule has 0 amide bonds. The minimum absolute atomic E-state index is 0.0184. The van der Waals surface area contributed by atoms with E-state index in [1.54, 1.807) is 37.0 Å². The van der Waals surface area contributed by atoms with Gasteiger partial charge in [0, 0.05) is 18.2 Å². The Morgan fingerprint density at radius 2 is 1.79 bits per heavy atom. The molecule has 0 aliphatic rings. The number of carbonyl (C=O) groups excluding carboxylic acids is 1. The van der Waals surface area contributed by atoms with Crippen LogP contribution in [0.15, 0.2) is 65.6 Å². The van der Waals surface area contributed by atoms with Gasteiger partial charge in [-0.25, -0.2) is 9.55 Å². The third-order valence-electron chi connectivity index (χ3n) is 4.64. The molecule has 0 atom stereocenters. The largest absolute Gasteiger partial charge is 0.466 e. The Bertz CT molecular complexity index is 1240. The van der Waals surface area contributed by atoms with E-state index in [-0.39, 0.29) is 17.9 Å². The van der Waals surface area contributed by atoms with Crippen LogP contribution in [0.4, 0.5) is 0 Å². The highest BCUT2D eigenvalue weighted by atomic mass is 16.5. The molecule has 2 aromatic heterocycles. The van der Waals surface area contributed by atoms with Crippen molar-refractivity contribution in [2.75, 3.05) is 6.61 Å². The van der Waals surface area contributed by atoms with Crippen LogP contribution >= 0.6 is 0 Å². The molecule has 0 aliphatic carbocycles. The first-order chi connectivity index (χ1) is 14.1. The molecule has 0 spiro atoms. The minimum atomic E-state index is -0.371. The first kappa shape index (κ1) is 18.6. The first-order valence-electron chi connectivity index (χ1n) is 9.34. The van der Waals surface area contributed by atoms with Crippen LogP contribution in [0.5, 0.6) is 0 Å². The smallest absolute Gasteiger partial charge is 0.310 e. The maximum atomic E-state index is 13.5. The third kappa shape index (κ3) is 3.42. The summed E-state index contributed by atoms with van der Waals surface area (Å²) in [5.74, 6) is 0.618. The highest BCUT2D eigenvalue weighted by molar-refractivity contribution is 5.81. The lowest BCUT2D eigenvalue weighted by Gasteiger charge is -2.15. The molecule has 29 heavy (non-hydrogen) atoms. The van der Waals surface area contributed by atoms with Crippen LogP contribution < -0.4 is 5.56 Å². The topological polar surface area (TPSA) is 79.0 Å². The molecule has 2 aromatic carbocycles. The van der Waals surface area contributed by atoms with Crippen molar-refractivity contribution < 1.29 is 9.53 Å². The molecule has 0 fully saturated rings. The Kier molecular flexibility index (Phi) is 4.95. The lowest BCUT2D eigenvalue weighted by atomic mass is 10.1. The number of carbonyl (C=O) groups is 1. The number of nitrogens with zero attached hydrogens (tertiary/aromatic N) is 4. The Morgan fingerprint density at radius 1 is 1.07 bits per heavy atom. The number of esters is 1. The average molecular weight is 388 g/mol. The Hall–Kier alpha value is -3.74. The average Bonchev–Trinajstić information content (AvgIpc) is 3.08. The molecule has 2 heterocycles. The number of aryl methyl sites for hydroxylation is 1. The first-order valence-corrected chi connectivity index (χ1v) is 9.34. The SMILES string of the molecule is CCOC(=O)Cc1cnn(C)c1-n1c(-c2ccccc2)nc2ccccc2c1=O. The second kappa shape index (κ2) is 7.71. The summed E-state index contributed by atoms with van der Waals surface area (Å²) in [4.78, 5) is 30.4. The molecule has 146 valence electrons. The number of ether oxygens (including phenoxy) is 1. The molecule has 0 saturated heterocycles. The standard InChI is InChI=1S/C22H20N4O3/c1-3-29-19(27)13-16-14-23-25(2)21(16)26-20(15-9-5-4-6-10-15)24-18-12-8-7-11-17(18)22(26)28/h4-12,14H,3,13H2,1-2H3. The van der Waals surface area contributed by atoms with Gasteiger partial charge in [0.05, 0.1) is 30.1 Å². The fourth-order valence-electron chi connectivity index (χ4n) is 3.37. The number of aromatic nitrogens is 4. The Balaban J connectivity index is 2.02. The van der Waals surface area contributed by atoms with Gasteiger partial charge in [0.2, 0.25) is 0 Å². The summed E-state index contributed by atoms with van der Waals surface area (Å²) in [5.41, 5.74) is 1.78. The summed E-state index contributed by atoms with van der Waals surface area (Å²) < 4.78 is 8.19. The monoisotopic (exact) mass is 388 g/mol. The van der Waals surface area contributed by atoms with Crippen molar-refractivity contribution in [2.45, 2.75) is 13.3 Å². The van der Waals surface area contributed by atoms with Crippen molar-refractivity contribution in [3.05, 3.63) is 76.7 Å². The van der Waals surface area contributed by atoms with Crippen LogP contribution in [-0.4, -0.2) is 31.9 Å². The van der Waals surface area contributed by atoms with Gasteiger partial charge in [-0.3, -0.25) is 14.3 Å². The van der Waals surface area contributed by atoms with Crippen molar-refractivity contribution in [3.8, 4) is 17.2 Å². The summed E-state index contributed by atoms with van der Waals surface area (Å²) in [6, 6.07) is 16.7. The second-order valence-electron chi connectivity index (χ2n) is 6.56. The molecular formula is C22H20N4O3. The van der Waals surface area contributed by atoms with Crippen molar-refractivity contribution in [1.29, 1.82) is 0 Å². The second-order valence-corrected chi connectivity index (χ2v) is 6.56. The molecule has 7 nitrogen and oxygen atoms in total. The Labute approximate surface area is 167 Å². The maximum Gasteiger partial charge on any atom is 0.310 e. The molecular weight excluding hydrogens is 368 g/mol. The van der Waals surface area contributed by atoms with E-state index in [9.17, 15) is 9.59 Å². The molecule has 4 rings (SSSR count). The van der Waals surface area contributed by atoms with Crippen LogP contribution in [-0.2, 0) is 23.0 Å². The van der Waals surface area contributed by atoms with E-state index in [4.69, 9.17) is 9.72 Å². The number of benzene rings is 2. The van der Waals surface area contributed by atoms with Gasteiger partial charge in [0.1, 0.15) is 11.6 Å². The lowest BCUT2D eigenvalue weighted by Crippen LogP contribution is -2.25. The van der Waals surface area contributed by atoms with Crippen LogP contribution in [0.3, 0.4) is 0 Å². The third-order valence-corrected chi connectivity index (χ3v) is 4.64. The van der Waals surface area contributed by atoms with Gasteiger partial charge in [0.15, 0.2) is 0 Å². The molecule has 0 radical (unpaired) electrons. The lowest BCUT2D eigenvalue weighted by molar-refractivity contribution is -0.142. The van der Waals surface area contributed by atoms with Gasteiger partial charge in [-0.15, -0.1) is 0 Å². The molecule has 0 N–H and O–H groups in total. The molecule has 0 aliphatic heterocycles. The van der Waals surface area contributed by atoms with Crippen molar-refractivity contribution in [2.24, 2.45) is 7.05 Å². The fraction of sp³-hybridized carbons (Fsp3) is 0.182. The normalized spacial score (nSPS) is 11.0. The van der Waals surface area contributed by atoms with Crippen LogP contribution in [0, 0.1) is 0 Å². The summed E-state index contributed by atoms with van der Waals surface area (Å²) in [6.45, 7) is 2.05. The van der Waals surface area contributed by atoms with Gasteiger partial charge >= 0.3 is 5.97 Å². The van der Waals surface area contributed by atoms with Crippen LogP contribution in [0.2, 0.25) is 0 Å². The number of fused-ring (bicyclic) bond motifs is 1. The predicted molar refractivity (Wildman–Crippen MR) is 110 cm³/mol. The highest BCUT2D eigenvalue weighted by Gasteiger charge is 2.21. The molecule has 0 saturated carbocycles. The summed E-state index contributed by atoms with van der Waals surface area (Å²) >= 11 is 0. The van der Waals surface area contributed by atoms with Gasteiger partial charge in [0.25, 0.3) is 5.56 Å². The van der Waals surface area contributed by atoms with E-state index in [0.29, 0.717) is 34.7 Å². The zero-order valence-electron chi connectivity index (χ0n) is 16.2. The van der Waals surface area contributed by atoms with Gasteiger partial charge in [-0.1, -0.05) is 42.5 Å². The number of hydrogen-bond acceptors (Lipinski definition) is 5. The Morgan fingerprint density at radius 3 is 2.55 bits per heavy atom. The van der Waals surface area contributed by atoms with Crippen molar-refractivity contribution in [3.63, 3.8) is 0 Å². The van der Waals surface area contributed by atoms with Crippen molar-refractivity contribution >= 4 is 16.9 Å². The molecule has 4 aromatic rings. The molecule has 7 heteroatoms. The van der Waals surface area contributed by atoms with Crippen molar-refractivity contribution in [1.82, 2.24) is 19.3 Å². The molecule has 0 unspecified atom stereocenters. The number of para-hydroxylation sites is 1. The number of hydrogen-bond donors (Lipinski definition) is 0. The van der Waals surface area contributed by atoms with Gasteiger partial charge < -0.3 is 4.74 Å². The van der Waals surface area contributed by atoms with Crippen LogP contribution in [0.25, 0.3) is 28.1 Å².